The van der Waals surface area contributed by atoms with Crippen molar-refractivity contribution in [3.63, 3.8) is 0 Å². The number of likely N-dealkylation sites (N-methyl/N-ethyl adjacent to an activating group) is 2. The smallest absolute Gasteiger partial charge is 0.0419 e. The molecule has 0 aromatic carbocycles. The Morgan fingerprint density at radius 3 is 2.58 bits per heavy atom. The van der Waals surface area contributed by atoms with Crippen molar-refractivity contribution in [2.75, 3.05) is 20.6 Å². The molecule has 2 rings (SSSR count). The zero-order valence-corrected chi connectivity index (χ0v) is 12.5. The van der Waals surface area contributed by atoms with Crippen LogP contribution in [0.15, 0.2) is 24.4 Å². The molecule has 0 saturated heterocycles. The van der Waals surface area contributed by atoms with Crippen LogP contribution < -0.4 is 5.32 Å². The molecule has 1 atom stereocenters. The van der Waals surface area contributed by atoms with Crippen LogP contribution in [0.5, 0.6) is 0 Å². The van der Waals surface area contributed by atoms with Crippen LogP contribution in [-0.4, -0.2) is 42.1 Å². The van der Waals surface area contributed by atoms with Crippen LogP contribution >= 0.6 is 0 Å². The Bertz CT molecular complexity index is 369. The average molecular weight is 261 g/mol. The predicted molar refractivity (Wildman–Crippen MR) is 80.3 cm³/mol. The fourth-order valence-electron chi connectivity index (χ4n) is 3.52. The van der Waals surface area contributed by atoms with Crippen LogP contribution in [0.1, 0.15) is 38.3 Å². The molecule has 0 radical (unpaired) electrons. The molecule has 1 aromatic rings. The summed E-state index contributed by atoms with van der Waals surface area (Å²) in [6.07, 6.45) is 8.21. The van der Waals surface area contributed by atoms with Crippen LogP contribution in [0.3, 0.4) is 0 Å². The molecule has 1 heterocycles. The summed E-state index contributed by atoms with van der Waals surface area (Å²) in [5.41, 5.74) is 1.50. The van der Waals surface area contributed by atoms with E-state index in [2.05, 4.69) is 48.4 Å². The molecule has 19 heavy (non-hydrogen) atoms. The molecule has 106 valence electrons. The molecule has 1 aliphatic carbocycles. The highest BCUT2D eigenvalue weighted by Crippen LogP contribution is 2.37. The number of nitrogens with one attached hydrogen (secondary N) is 1. The molecule has 0 amide bonds. The van der Waals surface area contributed by atoms with Crippen molar-refractivity contribution >= 4 is 0 Å². The van der Waals surface area contributed by atoms with Gasteiger partial charge in [-0.2, -0.15) is 0 Å². The van der Waals surface area contributed by atoms with E-state index in [0.29, 0.717) is 11.6 Å². The topological polar surface area (TPSA) is 28.2 Å². The van der Waals surface area contributed by atoms with Crippen LogP contribution in [0.25, 0.3) is 0 Å². The summed E-state index contributed by atoms with van der Waals surface area (Å²) < 4.78 is 0. The number of hydrogen-bond donors (Lipinski definition) is 1. The first kappa shape index (κ1) is 14.5. The minimum absolute atomic E-state index is 0.299. The van der Waals surface area contributed by atoms with Crippen molar-refractivity contribution < 1.29 is 0 Å². The molecule has 0 aliphatic heterocycles. The second-order valence-corrected chi connectivity index (χ2v) is 5.84. The summed E-state index contributed by atoms with van der Waals surface area (Å²) >= 11 is 0. The molecule has 1 unspecified atom stereocenters. The quantitative estimate of drug-likeness (QED) is 0.852. The lowest BCUT2D eigenvalue weighted by molar-refractivity contribution is 0.105. The lowest BCUT2D eigenvalue weighted by Crippen LogP contribution is -2.58. The molecule has 1 N–H and O–H groups in total. The maximum Gasteiger partial charge on any atom is 0.0419 e. The maximum absolute atomic E-state index is 4.50. The second-order valence-electron chi connectivity index (χ2n) is 5.84. The number of hydrogen-bond acceptors (Lipinski definition) is 3. The van der Waals surface area contributed by atoms with Crippen molar-refractivity contribution in [3.8, 4) is 0 Å². The Kier molecular flexibility index (Phi) is 4.94. The Morgan fingerprint density at radius 1 is 1.32 bits per heavy atom. The van der Waals surface area contributed by atoms with Gasteiger partial charge in [0, 0.05) is 29.9 Å². The number of aromatic nitrogens is 1. The lowest BCUT2D eigenvalue weighted by Gasteiger charge is -2.43. The third-order valence-corrected chi connectivity index (χ3v) is 4.60. The number of pyridine rings is 1. The van der Waals surface area contributed by atoms with Gasteiger partial charge in [0.05, 0.1) is 0 Å². The Hall–Kier alpha value is -0.930. The third kappa shape index (κ3) is 3.15. The Balaban J connectivity index is 2.18. The highest BCUT2D eigenvalue weighted by Gasteiger charge is 2.42. The normalized spacial score (nSPS) is 19.8. The predicted octanol–water partition coefficient (Wildman–Crippen LogP) is 2.48. The first-order chi connectivity index (χ1) is 9.19. The summed E-state index contributed by atoms with van der Waals surface area (Å²) in [4.78, 5) is 6.94. The molecule has 3 heteroatoms. The summed E-state index contributed by atoms with van der Waals surface area (Å²) in [7, 11) is 4.46. The van der Waals surface area contributed by atoms with Crippen molar-refractivity contribution in [1.29, 1.82) is 0 Å². The van der Waals surface area contributed by atoms with Gasteiger partial charge in [-0.3, -0.25) is 4.98 Å². The minimum Gasteiger partial charge on any atom is -0.312 e. The molecular weight excluding hydrogens is 234 g/mol. The molecular formula is C16H27N3. The molecule has 1 saturated carbocycles. The van der Waals surface area contributed by atoms with E-state index in [1.165, 1.54) is 31.4 Å². The SMILES string of the molecule is CCNC(Cc1ccccn1)C1(N(C)C)CCCC1. The summed E-state index contributed by atoms with van der Waals surface area (Å²) in [5.74, 6) is 0. The largest absolute Gasteiger partial charge is 0.312 e. The first-order valence-corrected chi connectivity index (χ1v) is 7.50. The van der Waals surface area contributed by atoms with Crippen LogP contribution in [-0.2, 0) is 6.42 Å². The molecule has 1 aliphatic rings. The van der Waals surface area contributed by atoms with Gasteiger partial charge in [0.15, 0.2) is 0 Å². The van der Waals surface area contributed by atoms with Gasteiger partial charge in [0.2, 0.25) is 0 Å². The fourth-order valence-corrected chi connectivity index (χ4v) is 3.52. The van der Waals surface area contributed by atoms with Gasteiger partial charge in [-0.05, 0) is 45.6 Å². The molecule has 0 bridgehead atoms. The zero-order chi connectivity index (χ0) is 13.7. The standard InChI is InChI=1S/C16H27N3/c1-4-17-15(13-14-9-5-8-12-18-14)16(19(2)3)10-6-7-11-16/h5,8-9,12,15,17H,4,6-7,10-11,13H2,1-3H3. The van der Waals surface area contributed by atoms with Crippen molar-refractivity contribution in [3.05, 3.63) is 30.1 Å². The van der Waals surface area contributed by atoms with E-state index in [1.54, 1.807) is 0 Å². The lowest BCUT2D eigenvalue weighted by atomic mass is 9.84. The molecule has 1 fully saturated rings. The zero-order valence-electron chi connectivity index (χ0n) is 12.5. The number of rotatable bonds is 6. The van der Waals surface area contributed by atoms with Crippen LogP contribution in [0, 0.1) is 0 Å². The third-order valence-electron chi connectivity index (χ3n) is 4.60. The Morgan fingerprint density at radius 2 is 2.05 bits per heavy atom. The van der Waals surface area contributed by atoms with Crippen LogP contribution in [0.4, 0.5) is 0 Å². The van der Waals surface area contributed by atoms with E-state index in [4.69, 9.17) is 0 Å². The highest BCUT2D eigenvalue weighted by molar-refractivity contribution is 5.11. The van der Waals surface area contributed by atoms with E-state index < -0.39 is 0 Å². The van der Waals surface area contributed by atoms with Crippen molar-refractivity contribution in [2.24, 2.45) is 0 Å². The summed E-state index contributed by atoms with van der Waals surface area (Å²) in [6, 6.07) is 6.71. The molecule has 3 nitrogen and oxygen atoms in total. The van der Waals surface area contributed by atoms with Gasteiger partial charge in [-0.25, -0.2) is 0 Å². The van der Waals surface area contributed by atoms with Gasteiger partial charge in [-0.15, -0.1) is 0 Å². The maximum atomic E-state index is 4.50. The van der Waals surface area contributed by atoms with Gasteiger partial charge < -0.3 is 10.2 Å². The summed E-state index contributed by atoms with van der Waals surface area (Å²) in [6.45, 7) is 3.22. The van der Waals surface area contributed by atoms with Gasteiger partial charge >= 0.3 is 0 Å². The fraction of sp³-hybridized carbons (Fsp3) is 0.688. The van der Waals surface area contributed by atoms with Gasteiger partial charge in [-0.1, -0.05) is 25.8 Å². The molecule has 0 spiro atoms. The van der Waals surface area contributed by atoms with E-state index >= 15 is 0 Å². The summed E-state index contributed by atoms with van der Waals surface area (Å²) in [5, 5.41) is 3.71. The first-order valence-electron chi connectivity index (χ1n) is 7.50. The molecule has 1 aromatic heterocycles. The van der Waals surface area contributed by atoms with Gasteiger partial charge in [0.1, 0.15) is 0 Å². The number of nitrogens with zero attached hydrogens (tertiary/aromatic N) is 2. The van der Waals surface area contributed by atoms with E-state index in [-0.39, 0.29) is 0 Å². The minimum atomic E-state index is 0.299. The van der Waals surface area contributed by atoms with E-state index in [1.807, 2.05) is 12.3 Å². The monoisotopic (exact) mass is 261 g/mol. The Labute approximate surface area is 117 Å². The van der Waals surface area contributed by atoms with Crippen molar-refractivity contribution in [1.82, 2.24) is 15.2 Å². The second kappa shape index (κ2) is 6.49. The van der Waals surface area contributed by atoms with Gasteiger partial charge in [0.25, 0.3) is 0 Å². The van der Waals surface area contributed by atoms with E-state index in [9.17, 15) is 0 Å². The van der Waals surface area contributed by atoms with E-state index in [0.717, 1.165) is 13.0 Å². The van der Waals surface area contributed by atoms with Crippen molar-refractivity contribution in [2.45, 2.75) is 50.6 Å². The highest BCUT2D eigenvalue weighted by atomic mass is 15.2. The van der Waals surface area contributed by atoms with Crippen LogP contribution in [0.2, 0.25) is 0 Å². The average Bonchev–Trinajstić information content (AvgIpc) is 2.90.